The number of hydrogen-bond donors (Lipinski definition) is 0. The van der Waals surface area contributed by atoms with E-state index in [-0.39, 0.29) is 6.79 Å². The molecule has 3 nitrogen and oxygen atoms in total. The summed E-state index contributed by atoms with van der Waals surface area (Å²) in [5.74, 6) is 2.65. The van der Waals surface area contributed by atoms with Gasteiger partial charge in [0.25, 0.3) is 0 Å². The third kappa shape index (κ3) is 2.97. The average Bonchev–Trinajstić information content (AvgIpc) is 2.78. The number of benzene rings is 1. The molecule has 1 aromatic rings. The Morgan fingerprint density at radius 1 is 1.32 bits per heavy atom. The summed E-state index contributed by atoms with van der Waals surface area (Å²) in [5, 5.41) is 0.667. The highest BCUT2D eigenvalue weighted by molar-refractivity contribution is 6.31. The zero-order valence-electron chi connectivity index (χ0n) is 13.6. The van der Waals surface area contributed by atoms with E-state index in [9.17, 15) is 0 Å². The van der Waals surface area contributed by atoms with Gasteiger partial charge in [-0.1, -0.05) is 37.1 Å². The smallest absolute Gasteiger partial charge is 0.231 e. The molecule has 0 aromatic heterocycles. The van der Waals surface area contributed by atoms with Crippen LogP contribution in [0, 0.1) is 17.3 Å². The molecule has 0 N–H and O–H groups in total. The van der Waals surface area contributed by atoms with Gasteiger partial charge in [0.05, 0.1) is 18.2 Å². The highest BCUT2D eigenvalue weighted by Gasteiger charge is 2.55. The Kier molecular flexibility index (Phi) is 4.13. The minimum absolute atomic E-state index is 0.261. The Bertz CT molecular complexity index is 603. The van der Waals surface area contributed by atoms with Crippen molar-refractivity contribution in [2.24, 2.45) is 17.3 Å². The molecule has 1 aromatic carbocycles. The fraction of sp³-hybridized carbons (Fsp3) is 0.556. The summed E-state index contributed by atoms with van der Waals surface area (Å²) in [7, 11) is 0. The number of hydrogen-bond acceptors (Lipinski definition) is 3. The van der Waals surface area contributed by atoms with Crippen molar-refractivity contribution in [3.8, 4) is 11.5 Å². The van der Waals surface area contributed by atoms with E-state index in [0.29, 0.717) is 34.6 Å². The van der Waals surface area contributed by atoms with Gasteiger partial charge in [-0.3, -0.25) is 0 Å². The van der Waals surface area contributed by atoms with Gasteiger partial charge in [0.2, 0.25) is 6.79 Å². The molecule has 3 rings (SSSR count). The number of fused-ring (bicyclic) bond motifs is 1. The number of halogens is 1. The lowest BCUT2D eigenvalue weighted by Gasteiger charge is -2.08. The van der Waals surface area contributed by atoms with Gasteiger partial charge in [0.15, 0.2) is 11.5 Å². The third-order valence-electron chi connectivity index (χ3n) is 4.75. The summed E-state index contributed by atoms with van der Waals surface area (Å²) in [6.07, 6.45) is 2.36. The second-order valence-corrected chi connectivity index (χ2v) is 7.42. The van der Waals surface area contributed by atoms with Gasteiger partial charge in [-0.2, -0.15) is 0 Å². The van der Waals surface area contributed by atoms with Crippen molar-refractivity contribution in [2.75, 3.05) is 13.4 Å². The molecule has 1 aliphatic carbocycles. The van der Waals surface area contributed by atoms with Gasteiger partial charge in [-0.25, -0.2) is 0 Å². The maximum absolute atomic E-state index is 6.27. The van der Waals surface area contributed by atoms with E-state index >= 15 is 0 Å². The topological polar surface area (TPSA) is 27.7 Å². The lowest BCUT2D eigenvalue weighted by molar-refractivity contribution is 0.102. The zero-order valence-corrected chi connectivity index (χ0v) is 14.4. The summed E-state index contributed by atoms with van der Waals surface area (Å²) in [6, 6.07) is 3.71. The van der Waals surface area contributed by atoms with E-state index in [0.717, 1.165) is 17.9 Å². The second kappa shape index (κ2) is 5.78. The van der Waals surface area contributed by atoms with Crippen molar-refractivity contribution in [1.29, 1.82) is 0 Å². The van der Waals surface area contributed by atoms with Gasteiger partial charge < -0.3 is 14.2 Å². The lowest BCUT2D eigenvalue weighted by atomic mass is 10.1. The summed E-state index contributed by atoms with van der Waals surface area (Å²) >= 11 is 6.27. The van der Waals surface area contributed by atoms with Gasteiger partial charge in [-0.05, 0) is 37.2 Å². The molecule has 22 heavy (non-hydrogen) atoms. The first-order chi connectivity index (χ1) is 10.4. The summed E-state index contributed by atoms with van der Waals surface area (Å²) in [5.41, 5.74) is 2.65. The normalized spacial score (nSPS) is 24.2. The van der Waals surface area contributed by atoms with E-state index in [2.05, 4.69) is 33.8 Å². The summed E-state index contributed by atoms with van der Waals surface area (Å²) in [4.78, 5) is 0. The first kappa shape index (κ1) is 15.7. The largest absolute Gasteiger partial charge is 0.454 e. The fourth-order valence-corrected chi connectivity index (χ4v) is 3.37. The van der Waals surface area contributed by atoms with Gasteiger partial charge in [-0.15, -0.1) is 0 Å². The van der Waals surface area contributed by atoms with Gasteiger partial charge in [0.1, 0.15) is 0 Å². The first-order valence-electron chi connectivity index (χ1n) is 7.70. The van der Waals surface area contributed by atoms with Crippen molar-refractivity contribution in [2.45, 2.75) is 34.3 Å². The standard InChI is InChI=1S/C18H23ClO3/c1-11(2)5-13-14(18(13,3)4)9-20-8-12-6-16-17(7-15(12)19)22-10-21-16/h5-7,13-14H,8-10H2,1-4H3/t13-,14+/m0/s1. The predicted molar refractivity (Wildman–Crippen MR) is 87.4 cm³/mol. The molecule has 120 valence electrons. The van der Waals surface area contributed by atoms with Crippen molar-refractivity contribution in [3.05, 3.63) is 34.4 Å². The molecule has 1 heterocycles. The van der Waals surface area contributed by atoms with Crippen LogP contribution in [-0.2, 0) is 11.3 Å². The van der Waals surface area contributed by atoms with Crippen LogP contribution in [0.4, 0.5) is 0 Å². The highest BCUT2D eigenvalue weighted by Crippen LogP contribution is 2.59. The second-order valence-electron chi connectivity index (χ2n) is 7.01. The highest BCUT2D eigenvalue weighted by atomic mass is 35.5. The zero-order chi connectivity index (χ0) is 15.9. The maximum Gasteiger partial charge on any atom is 0.231 e. The van der Waals surface area contributed by atoms with Crippen LogP contribution >= 0.6 is 11.6 Å². The molecule has 4 heteroatoms. The molecule has 0 bridgehead atoms. The van der Waals surface area contributed by atoms with Crippen LogP contribution in [0.1, 0.15) is 33.3 Å². The van der Waals surface area contributed by atoms with Crippen LogP contribution in [0.15, 0.2) is 23.8 Å². The monoisotopic (exact) mass is 322 g/mol. The Morgan fingerprint density at radius 3 is 2.68 bits per heavy atom. The van der Waals surface area contributed by atoms with Crippen LogP contribution < -0.4 is 9.47 Å². The summed E-state index contributed by atoms with van der Waals surface area (Å²) in [6.45, 7) is 10.4. The van der Waals surface area contributed by atoms with Crippen LogP contribution in [0.3, 0.4) is 0 Å². The number of rotatable bonds is 5. The minimum atomic E-state index is 0.261. The molecule has 1 aliphatic heterocycles. The molecular formula is C18H23ClO3. The Morgan fingerprint density at radius 2 is 2.00 bits per heavy atom. The Labute approximate surface area is 137 Å². The van der Waals surface area contributed by atoms with Crippen molar-refractivity contribution in [3.63, 3.8) is 0 Å². The van der Waals surface area contributed by atoms with E-state index in [1.165, 1.54) is 5.57 Å². The lowest BCUT2D eigenvalue weighted by Crippen LogP contribution is -2.02. The minimum Gasteiger partial charge on any atom is -0.454 e. The quantitative estimate of drug-likeness (QED) is 0.727. The summed E-state index contributed by atoms with van der Waals surface area (Å²) < 4.78 is 16.6. The van der Waals surface area contributed by atoms with E-state index in [1.54, 1.807) is 6.07 Å². The number of ether oxygens (including phenoxy) is 3. The van der Waals surface area contributed by atoms with Crippen LogP contribution in [0.5, 0.6) is 11.5 Å². The van der Waals surface area contributed by atoms with Crippen LogP contribution in [-0.4, -0.2) is 13.4 Å². The van der Waals surface area contributed by atoms with E-state index < -0.39 is 0 Å². The van der Waals surface area contributed by atoms with Crippen molar-refractivity contribution < 1.29 is 14.2 Å². The molecule has 2 atom stereocenters. The Hall–Kier alpha value is -1.19. The molecule has 0 unspecified atom stereocenters. The first-order valence-corrected chi connectivity index (χ1v) is 8.08. The van der Waals surface area contributed by atoms with Crippen molar-refractivity contribution >= 4 is 11.6 Å². The molecule has 0 radical (unpaired) electrons. The molecular weight excluding hydrogens is 300 g/mol. The molecule has 0 amide bonds. The fourth-order valence-electron chi connectivity index (χ4n) is 3.16. The van der Waals surface area contributed by atoms with Crippen molar-refractivity contribution in [1.82, 2.24) is 0 Å². The molecule has 0 spiro atoms. The van der Waals surface area contributed by atoms with E-state index in [4.69, 9.17) is 25.8 Å². The average molecular weight is 323 g/mol. The molecule has 0 saturated heterocycles. The van der Waals surface area contributed by atoms with Gasteiger partial charge >= 0.3 is 0 Å². The van der Waals surface area contributed by atoms with Crippen LogP contribution in [0.25, 0.3) is 0 Å². The van der Waals surface area contributed by atoms with Gasteiger partial charge in [0, 0.05) is 11.6 Å². The third-order valence-corrected chi connectivity index (χ3v) is 5.10. The number of allylic oxidation sites excluding steroid dienone is 2. The molecule has 1 saturated carbocycles. The SMILES string of the molecule is CC(C)=C[C@H]1[C@@H](COCc2cc3c(cc2Cl)OCO3)C1(C)C. The molecule has 1 fully saturated rings. The maximum atomic E-state index is 6.27. The van der Waals surface area contributed by atoms with E-state index in [1.807, 2.05) is 6.07 Å². The Balaban J connectivity index is 1.57. The predicted octanol–water partition coefficient (Wildman–Crippen LogP) is 4.82. The molecule has 2 aliphatic rings. The van der Waals surface area contributed by atoms with Crippen LogP contribution in [0.2, 0.25) is 5.02 Å².